The number of carbonyl (C=O) groups excluding carboxylic acids is 3. The molecule has 0 fully saturated rings. The molecule has 0 aromatic heterocycles. The third-order valence-corrected chi connectivity index (χ3v) is 12.3. The number of allylic oxidation sites excluding steroid dienone is 8. The molecule has 0 N–H and O–H groups in total. The fraction of sp³-hybridized carbons (Fsp3) is 0.814. The molecule has 0 rings (SSSR count). The van der Waals surface area contributed by atoms with E-state index in [0.717, 1.165) is 103 Å². The van der Waals surface area contributed by atoms with E-state index in [1.54, 1.807) is 0 Å². The van der Waals surface area contributed by atoms with Crippen LogP contribution in [0.5, 0.6) is 0 Å². The van der Waals surface area contributed by atoms with Crippen molar-refractivity contribution in [3.8, 4) is 0 Å². The van der Waals surface area contributed by atoms with Gasteiger partial charge in [0.05, 0.1) is 0 Å². The highest BCUT2D eigenvalue weighted by Crippen LogP contribution is 2.16. The Morgan fingerprint density at radius 2 is 0.600 bits per heavy atom. The zero-order chi connectivity index (χ0) is 47.2. The Morgan fingerprint density at radius 3 is 0.969 bits per heavy atom. The van der Waals surface area contributed by atoms with Crippen LogP contribution in [-0.2, 0) is 28.6 Å². The van der Waals surface area contributed by atoms with Crippen molar-refractivity contribution < 1.29 is 28.6 Å². The largest absolute Gasteiger partial charge is 0.462 e. The number of esters is 3. The summed E-state index contributed by atoms with van der Waals surface area (Å²) in [6, 6.07) is 0. The van der Waals surface area contributed by atoms with Gasteiger partial charge in [0.1, 0.15) is 13.2 Å². The summed E-state index contributed by atoms with van der Waals surface area (Å²) in [7, 11) is 0. The fourth-order valence-corrected chi connectivity index (χ4v) is 8.10. The van der Waals surface area contributed by atoms with E-state index in [0.29, 0.717) is 19.3 Å². The van der Waals surface area contributed by atoms with Crippen LogP contribution in [0.3, 0.4) is 0 Å². The average Bonchev–Trinajstić information content (AvgIpc) is 3.30. The Kier molecular flexibility index (Phi) is 51.8. The van der Waals surface area contributed by atoms with Crippen molar-refractivity contribution in [1.82, 2.24) is 0 Å². The molecular weight excluding hydrogens is 805 g/mol. The van der Waals surface area contributed by atoms with Crippen molar-refractivity contribution in [2.75, 3.05) is 13.2 Å². The van der Waals surface area contributed by atoms with Gasteiger partial charge in [-0.1, -0.05) is 243 Å². The average molecular weight is 911 g/mol. The van der Waals surface area contributed by atoms with Gasteiger partial charge in [-0.05, 0) is 77.0 Å². The molecule has 1 unspecified atom stereocenters. The number of hydrogen-bond donors (Lipinski definition) is 0. The maximum absolute atomic E-state index is 12.8. The molecule has 0 aliphatic rings. The number of hydrogen-bond acceptors (Lipinski definition) is 6. The van der Waals surface area contributed by atoms with Crippen molar-refractivity contribution in [3.05, 3.63) is 48.6 Å². The van der Waals surface area contributed by atoms with Crippen molar-refractivity contribution in [2.24, 2.45) is 0 Å². The molecule has 65 heavy (non-hydrogen) atoms. The summed E-state index contributed by atoms with van der Waals surface area (Å²) in [5.41, 5.74) is 0. The summed E-state index contributed by atoms with van der Waals surface area (Å²) in [6.07, 6.45) is 65.3. The zero-order valence-electron chi connectivity index (χ0n) is 43.3. The maximum Gasteiger partial charge on any atom is 0.306 e. The summed E-state index contributed by atoms with van der Waals surface area (Å²) >= 11 is 0. The summed E-state index contributed by atoms with van der Waals surface area (Å²) in [6.45, 7) is 6.52. The maximum atomic E-state index is 12.8. The first-order chi connectivity index (χ1) is 32.0. The second-order valence-corrected chi connectivity index (χ2v) is 18.8. The van der Waals surface area contributed by atoms with E-state index in [9.17, 15) is 14.4 Å². The molecule has 0 aromatic rings. The number of carbonyl (C=O) groups is 3. The summed E-state index contributed by atoms with van der Waals surface area (Å²) in [5, 5.41) is 0. The minimum absolute atomic E-state index is 0.0842. The van der Waals surface area contributed by atoms with Gasteiger partial charge in [-0.15, -0.1) is 0 Å². The molecule has 6 heteroatoms. The molecule has 6 nitrogen and oxygen atoms in total. The van der Waals surface area contributed by atoms with Crippen LogP contribution >= 0.6 is 0 Å². The van der Waals surface area contributed by atoms with E-state index in [1.807, 2.05) is 0 Å². The lowest BCUT2D eigenvalue weighted by Gasteiger charge is -2.18. The van der Waals surface area contributed by atoms with Crippen molar-refractivity contribution in [1.29, 1.82) is 0 Å². The van der Waals surface area contributed by atoms with Crippen molar-refractivity contribution in [3.63, 3.8) is 0 Å². The molecule has 0 bridgehead atoms. The van der Waals surface area contributed by atoms with Crippen molar-refractivity contribution in [2.45, 2.75) is 297 Å². The normalized spacial score (nSPS) is 12.4. The summed E-state index contributed by atoms with van der Waals surface area (Å²) in [5.74, 6) is -0.911. The van der Waals surface area contributed by atoms with Gasteiger partial charge in [0.2, 0.25) is 0 Å². The molecule has 378 valence electrons. The highest BCUT2D eigenvalue weighted by atomic mass is 16.6. The SMILES string of the molecule is CC/C=C\C/C=C\C/C=C\CCCCCCC(=O)OC(COC(=O)CCCCC/C=C\CCCCCCCCC)COC(=O)CCCCCCCCCCCCCCCCCCCCC. The second kappa shape index (κ2) is 54.0. The molecule has 0 saturated carbocycles. The van der Waals surface area contributed by atoms with Gasteiger partial charge in [-0.25, -0.2) is 0 Å². The Balaban J connectivity index is 4.35. The first-order valence-electron chi connectivity index (χ1n) is 28.1. The van der Waals surface area contributed by atoms with Gasteiger partial charge in [0.25, 0.3) is 0 Å². The first kappa shape index (κ1) is 62.4. The van der Waals surface area contributed by atoms with Crippen molar-refractivity contribution >= 4 is 17.9 Å². The van der Waals surface area contributed by atoms with Crippen LogP contribution in [0.1, 0.15) is 290 Å². The predicted octanol–water partition coefficient (Wildman–Crippen LogP) is 18.7. The smallest absolute Gasteiger partial charge is 0.306 e. The lowest BCUT2D eigenvalue weighted by molar-refractivity contribution is -0.167. The Labute approximate surface area is 403 Å². The van der Waals surface area contributed by atoms with Crippen LogP contribution in [0.4, 0.5) is 0 Å². The number of ether oxygens (including phenoxy) is 3. The van der Waals surface area contributed by atoms with Gasteiger partial charge < -0.3 is 14.2 Å². The van der Waals surface area contributed by atoms with Gasteiger partial charge >= 0.3 is 17.9 Å². The molecule has 0 radical (unpaired) electrons. The molecule has 0 heterocycles. The second-order valence-electron chi connectivity index (χ2n) is 18.8. The predicted molar refractivity (Wildman–Crippen MR) is 279 cm³/mol. The van der Waals surface area contributed by atoms with Crippen LogP contribution in [0.25, 0.3) is 0 Å². The van der Waals surface area contributed by atoms with Gasteiger partial charge in [0.15, 0.2) is 6.10 Å². The molecule has 0 spiro atoms. The monoisotopic (exact) mass is 911 g/mol. The van der Waals surface area contributed by atoms with Crippen LogP contribution in [0.15, 0.2) is 48.6 Å². The highest BCUT2D eigenvalue weighted by molar-refractivity contribution is 5.71. The highest BCUT2D eigenvalue weighted by Gasteiger charge is 2.19. The summed E-state index contributed by atoms with van der Waals surface area (Å²) < 4.78 is 16.8. The number of rotatable bonds is 51. The molecule has 0 aliphatic carbocycles. The number of unbranched alkanes of at least 4 members (excludes halogenated alkanes) is 32. The van der Waals surface area contributed by atoms with E-state index >= 15 is 0 Å². The van der Waals surface area contributed by atoms with E-state index in [2.05, 4.69) is 69.4 Å². The Hall–Kier alpha value is -2.63. The van der Waals surface area contributed by atoms with Gasteiger partial charge in [-0.2, -0.15) is 0 Å². The van der Waals surface area contributed by atoms with Gasteiger partial charge in [0, 0.05) is 19.3 Å². The molecule has 1 atom stereocenters. The zero-order valence-corrected chi connectivity index (χ0v) is 43.3. The van der Waals surface area contributed by atoms with Crippen LogP contribution in [0.2, 0.25) is 0 Å². The van der Waals surface area contributed by atoms with Crippen LogP contribution < -0.4 is 0 Å². The third-order valence-electron chi connectivity index (χ3n) is 12.3. The van der Waals surface area contributed by atoms with E-state index in [-0.39, 0.29) is 31.1 Å². The van der Waals surface area contributed by atoms with Gasteiger partial charge in [-0.3, -0.25) is 14.4 Å². The van der Waals surface area contributed by atoms with Crippen LogP contribution in [-0.4, -0.2) is 37.2 Å². The minimum atomic E-state index is -0.788. The molecule has 0 aliphatic heterocycles. The molecule has 0 aromatic carbocycles. The molecule has 0 saturated heterocycles. The quantitative estimate of drug-likeness (QED) is 0.0262. The van der Waals surface area contributed by atoms with E-state index in [4.69, 9.17) is 14.2 Å². The lowest BCUT2D eigenvalue weighted by Crippen LogP contribution is -2.30. The first-order valence-corrected chi connectivity index (χ1v) is 28.1. The van der Waals surface area contributed by atoms with Crippen LogP contribution in [0, 0.1) is 0 Å². The molecule has 0 amide bonds. The Morgan fingerprint density at radius 1 is 0.323 bits per heavy atom. The summed E-state index contributed by atoms with van der Waals surface area (Å²) in [4.78, 5) is 38.1. The minimum Gasteiger partial charge on any atom is -0.462 e. The fourth-order valence-electron chi connectivity index (χ4n) is 8.10. The topological polar surface area (TPSA) is 78.9 Å². The van der Waals surface area contributed by atoms with E-state index in [1.165, 1.54) is 148 Å². The lowest BCUT2D eigenvalue weighted by atomic mass is 10.0. The van der Waals surface area contributed by atoms with E-state index < -0.39 is 6.10 Å². The standard InChI is InChI=1S/C59H106O6/c1-4-7-10-13-16-19-22-25-28-29-30-31-32-35-37-40-43-46-49-52-58(61)64-55-56(65-59(62)53-50-47-44-41-38-34-27-24-21-18-15-12-9-6-3)54-63-57(60)51-48-45-42-39-36-33-26-23-20-17-14-11-8-5-2/h9,12,18,21,27,33-34,36,56H,4-8,10-11,13-17,19-20,22-26,28-32,35,37-55H2,1-3H3/b12-9-,21-18-,34-27-,36-33-. The molecular formula is C59H106O6. The third kappa shape index (κ3) is 52.2. The Bertz CT molecular complexity index is 1140.